The normalized spacial score (nSPS) is 14.7. The second-order valence-electron chi connectivity index (χ2n) is 14.7. The number of hydrogen-bond donors (Lipinski definition) is 1. The van der Waals surface area contributed by atoms with Crippen LogP contribution < -0.4 is 5.32 Å². The van der Waals surface area contributed by atoms with Crippen LogP contribution in [0.15, 0.2) is 0 Å². The average molecular weight is 1210 g/mol. The second kappa shape index (κ2) is 26.0. The lowest BCUT2D eigenvalue weighted by molar-refractivity contribution is -0.358. The summed E-state index contributed by atoms with van der Waals surface area (Å²) >= 11 is 0. The van der Waals surface area contributed by atoms with Crippen LogP contribution in [0.5, 0.6) is 0 Å². The zero-order chi connectivity index (χ0) is 59.5. The number of esters is 2. The van der Waals surface area contributed by atoms with E-state index in [1.54, 1.807) is 0 Å². The van der Waals surface area contributed by atoms with Crippen LogP contribution in [0.25, 0.3) is 0 Å². The van der Waals surface area contributed by atoms with E-state index in [0.717, 1.165) is 20.6 Å². The van der Waals surface area contributed by atoms with E-state index in [2.05, 4.69) is 25.5 Å². The zero-order valence-electron chi connectivity index (χ0n) is 36.6. The van der Waals surface area contributed by atoms with Crippen LogP contribution in [0.1, 0.15) is 52.4 Å². The first-order valence-corrected chi connectivity index (χ1v) is 22.9. The van der Waals surface area contributed by atoms with Crippen molar-refractivity contribution in [3.8, 4) is 0 Å². The molecule has 10 nitrogen and oxygen atoms in total. The number of carbonyl (C=O) groups is 2. The minimum Gasteiger partial charge on any atom is -0.468 e. The summed E-state index contributed by atoms with van der Waals surface area (Å²) in [6, 6.07) is 0. The number of nitrogens with one attached hydrogen (secondary N) is 1. The Morgan fingerprint density at radius 3 is 0.904 bits per heavy atom. The van der Waals surface area contributed by atoms with E-state index in [1.807, 2.05) is 6.92 Å². The van der Waals surface area contributed by atoms with Gasteiger partial charge in [-0.05, 0) is 31.2 Å². The summed E-state index contributed by atoms with van der Waals surface area (Å²) in [4.78, 5) is 21.5. The van der Waals surface area contributed by atoms with Gasteiger partial charge >= 0.3 is 61.3 Å². The second-order valence-corrected chi connectivity index (χ2v) is 19.7. The highest BCUT2D eigenvalue weighted by Gasteiger charge is 2.77. The lowest BCUT2D eigenvalue weighted by Gasteiger charge is -2.37. The summed E-state index contributed by atoms with van der Waals surface area (Å²) in [6.45, 7) is 2.39. The fourth-order valence-electron chi connectivity index (χ4n) is 5.38. The van der Waals surface area contributed by atoms with Gasteiger partial charge in [0.1, 0.15) is 6.54 Å². The topological polar surface area (TPSA) is 136 Å². The molecule has 0 radical (unpaired) electrons. The maximum Gasteiger partial charge on any atom is 0.431 e. The van der Waals surface area contributed by atoms with Gasteiger partial charge < -0.3 is 14.8 Å². The number of likely N-dealkylation sites (N-methyl/N-ethyl adjacent to an activating group) is 2. The van der Waals surface area contributed by atoms with Crippen LogP contribution in [0.2, 0.25) is 0 Å². The van der Waals surface area contributed by atoms with Crippen molar-refractivity contribution in [2.75, 3.05) is 51.9 Å². The molecule has 0 spiro atoms. The molecule has 0 aromatic rings. The Labute approximate surface area is 398 Å². The summed E-state index contributed by atoms with van der Waals surface area (Å²) in [7, 11) is -3.10. The van der Waals surface area contributed by atoms with Gasteiger partial charge in [0.15, 0.2) is 0 Å². The van der Waals surface area contributed by atoms with E-state index in [-0.39, 0.29) is 10.3 Å². The highest BCUT2D eigenvalue weighted by molar-refractivity contribution is 8.13. The number of carbonyl (C=O) groups excluding carboxylic acids is 2. The molecule has 0 aromatic carbocycles. The quantitative estimate of drug-likeness (QED) is 0.0677. The Balaban J connectivity index is -0.00000118. The molecule has 0 aromatic heterocycles. The fraction of sp³-hybridized carbons (Fsp3) is 0.938. The van der Waals surface area contributed by atoms with Crippen molar-refractivity contribution in [1.29, 1.82) is 0 Å². The minimum absolute atomic E-state index is 0.183. The fourth-order valence-corrected chi connectivity index (χ4v) is 7.85. The number of alkyl halides is 28. The molecule has 1 N–H and O–H groups in total. The molecule has 0 amide bonds. The van der Waals surface area contributed by atoms with Gasteiger partial charge in [0.05, 0.1) is 32.3 Å². The summed E-state index contributed by atoms with van der Waals surface area (Å²) in [6.07, 6.45) is -71.7. The van der Waals surface area contributed by atoms with Crippen molar-refractivity contribution >= 4 is 41.7 Å². The van der Waals surface area contributed by atoms with E-state index in [1.165, 1.54) is 7.11 Å². The standard InChI is InChI=1S/C16H19F14NO4S.C11H9ClF14O2S.C5H11NO2/c1-3-31(8-10(32)35-2)36(33,34)5-4-9(6-11(17,13(19,20)21)14(22,23)24)7-12(18,15(25,26)27)16(28,29)30;12-29(27,28)2-1-5(3-6(13,8(15,16)17)9(18,19)20)4-7(14,10(21,22)23)11(24,25)26;1-3-6-4-5(7)8-2/h9H,3-8H2,1-2H3;5H,1-4H2;6H,3-4H2,1-2H3. The maximum absolute atomic E-state index is 14.1. The van der Waals surface area contributed by atoms with Crippen molar-refractivity contribution in [2.24, 2.45) is 11.8 Å². The first-order valence-electron chi connectivity index (χ1n) is 18.8. The van der Waals surface area contributed by atoms with E-state index in [4.69, 9.17) is 0 Å². The van der Waals surface area contributed by atoms with Gasteiger partial charge in [0, 0.05) is 42.9 Å². The van der Waals surface area contributed by atoms with E-state index in [9.17, 15) is 149 Å². The Kier molecular flexibility index (Phi) is 26.4. The van der Waals surface area contributed by atoms with Crippen LogP contribution in [0.4, 0.5) is 123 Å². The van der Waals surface area contributed by atoms with Gasteiger partial charge in [-0.15, -0.1) is 0 Å². The predicted molar refractivity (Wildman–Crippen MR) is 192 cm³/mol. The summed E-state index contributed by atoms with van der Waals surface area (Å²) in [5.74, 6) is -11.7. The lowest BCUT2D eigenvalue weighted by atomic mass is 9.81. The third-order valence-electron chi connectivity index (χ3n) is 9.45. The highest BCUT2D eigenvalue weighted by Crippen LogP contribution is 2.57. The average Bonchev–Trinajstić information content (AvgIpc) is 3.16. The Bertz CT molecular complexity index is 1810. The van der Waals surface area contributed by atoms with Crippen LogP contribution in [-0.4, -0.2) is 157 Å². The molecule has 0 atom stereocenters. The van der Waals surface area contributed by atoms with Gasteiger partial charge in [-0.25, -0.2) is 34.4 Å². The predicted octanol–water partition coefficient (Wildman–Crippen LogP) is 11.0. The molecule has 0 aliphatic heterocycles. The molecule has 0 unspecified atom stereocenters. The Hall–Kier alpha value is -2.91. The smallest absolute Gasteiger partial charge is 0.431 e. The zero-order valence-corrected chi connectivity index (χ0v) is 39.0. The number of sulfonamides is 1. The van der Waals surface area contributed by atoms with Crippen molar-refractivity contribution in [2.45, 2.75) is 124 Å². The molecule has 0 heterocycles. The molecule has 0 saturated carbocycles. The molecule has 0 bridgehead atoms. The van der Waals surface area contributed by atoms with Crippen LogP contribution in [0, 0.1) is 11.8 Å². The lowest BCUT2D eigenvalue weighted by Crippen LogP contribution is -2.57. The van der Waals surface area contributed by atoms with Crippen LogP contribution in [0.3, 0.4) is 0 Å². The van der Waals surface area contributed by atoms with Gasteiger partial charge in [-0.1, -0.05) is 13.8 Å². The van der Waals surface area contributed by atoms with Gasteiger partial charge in [-0.3, -0.25) is 9.59 Å². The SMILES string of the molecule is CCN(CC(=O)OC)S(=O)(=O)CCC(CC(F)(C(F)(F)F)C(F)(F)F)CC(F)(C(F)(F)F)C(F)(F)F.CCNCC(=O)OC.O=S(=O)(Cl)CCC(CC(F)(C(F)(F)F)C(F)(F)F)CC(F)(C(F)(F)F)C(F)(F)F. The first-order chi connectivity index (χ1) is 31.8. The molecule has 440 valence electrons. The van der Waals surface area contributed by atoms with Crippen molar-refractivity contribution in [3.05, 3.63) is 0 Å². The number of ether oxygens (including phenoxy) is 2. The molecular formula is C32H39ClF28N2O8S2. The van der Waals surface area contributed by atoms with Gasteiger partial charge in [0.25, 0.3) is 22.7 Å². The molecule has 0 fully saturated rings. The van der Waals surface area contributed by atoms with Gasteiger partial charge in [0.2, 0.25) is 19.1 Å². The van der Waals surface area contributed by atoms with E-state index in [0.29, 0.717) is 6.54 Å². The molecular weight excluding hydrogens is 1170 g/mol. The monoisotopic (exact) mass is 1210 g/mol. The number of halogens is 29. The Morgan fingerprint density at radius 2 is 0.712 bits per heavy atom. The largest absolute Gasteiger partial charge is 0.468 e. The van der Waals surface area contributed by atoms with Crippen molar-refractivity contribution < 1.29 is 159 Å². The molecule has 73 heavy (non-hydrogen) atoms. The molecule has 0 saturated heterocycles. The Morgan fingerprint density at radius 1 is 0.466 bits per heavy atom. The van der Waals surface area contributed by atoms with Gasteiger partial charge in [-0.2, -0.15) is 110 Å². The summed E-state index contributed by atoms with van der Waals surface area (Å²) < 4.78 is 416. The third kappa shape index (κ3) is 21.2. The minimum atomic E-state index is -6.93. The van der Waals surface area contributed by atoms with Crippen molar-refractivity contribution in [1.82, 2.24) is 9.62 Å². The maximum atomic E-state index is 14.1. The first kappa shape index (κ1) is 74.3. The molecule has 0 rings (SSSR count). The third-order valence-corrected chi connectivity index (χ3v) is 12.6. The summed E-state index contributed by atoms with van der Waals surface area (Å²) in [5, 5.41) is 2.82. The highest BCUT2D eigenvalue weighted by atomic mass is 35.7. The van der Waals surface area contributed by atoms with Crippen molar-refractivity contribution in [3.63, 3.8) is 0 Å². The molecule has 0 aliphatic carbocycles. The van der Waals surface area contributed by atoms with Crippen LogP contribution in [-0.2, 0) is 38.1 Å². The van der Waals surface area contributed by atoms with Crippen LogP contribution >= 0.6 is 10.7 Å². The number of nitrogens with zero attached hydrogens (tertiary/aromatic N) is 1. The van der Waals surface area contributed by atoms with E-state index < -0.39 is 172 Å². The molecule has 41 heteroatoms. The van der Waals surface area contributed by atoms with E-state index >= 15 is 0 Å². The number of rotatable bonds is 21. The number of hydrogen-bond acceptors (Lipinski definition) is 9. The number of methoxy groups -OCH3 is 2. The molecule has 0 aliphatic rings. The summed E-state index contributed by atoms with van der Waals surface area (Å²) in [5.41, 5.74) is -25.5.